The van der Waals surface area contributed by atoms with Gasteiger partial charge in [0.25, 0.3) is 5.91 Å². The van der Waals surface area contributed by atoms with Crippen LogP contribution in [0.1, 0.15) is 60.3 Å². The summed E-state index contributed by atoms with van der Waals surface area (Å²) >= 11 is 0. The molecule has 160 valence electrons. The van der Waals surface area contributed by atoms with Crippen LogP contribution in [0.4, 0.5) is 0 Å². The van der Waals surface area contributed by atoms with E-state index >= 15 is 0 Å². The number of rotatable bonds is 7. The quantitative estimate of drug-likeness (QED) is 0.571. The molecule has 0 bridgehead atoms. The molecule has 0 aliphatic rings. The molecule has 4 nitrogen and oxygen atoms in total. The van der Waals surface area contributed by atoms with Crippen LogP contribution in [0, 0.1) is 0 Å². The normalized spacial score (nSPS) is 11.2. The highest BCUT2D eigenvalue weighted by Gasteiger charge is 2.17. The van der Waals surface area contributed by atoms with E-state index in [-0.39, 0.29) is 36.2 Å². The first-order valence-corrected chi connectivity index (χ1v) is 10.6. The first-order chi connectivity index (χ1) is 14.8. The van der Waals surface area contributed by atoms with Gasteiger partial charge in [-0.3, -0.25) is 9.59 Å². The Hall–Kier alpha value is -3.40. The van der Waals surface area contributed by atoms with Crippen LogP contribution in [0.3, 0.4) is 0 Å². The van der Waals surface area contributed by atoms with E-state index in [1.54, 1.807) is 0 Å². The average molecular weight is 415 g/mol. The lowest BCUT2D eigenvalue weighted by molar-refractivity contribution is -0.121. The number of hydrogen-bond acceptors (Lipinski definition) is 2. The van der Waals surface area contributed by atoms with Crippen LogP contribution in [0.25, 0.3) is 0 Å². The monoisotopic (exact) mass is 414 g/mol. The maximum absolute atomic E-state index is 12.6. The maximum Gasteiger partial charge on any atom is 0.251 e. The van der Waals surface area contributed by atoms with Crippen LogP contribution in [-0.4, -0.2) is 18.4 Å². The topological polar surface area (TPSA) is 58.2 Å². The van der Waals surface area contributed by atoms with Crippen molar-refractivity contribution in [1.82, 2.24) is 10.6 Å². The van der Waals surface area contributed by atoms with Crippen molar-refractivity contribution in [3.63, 3.8) is 0 Å². The Morgan fingerprint density at radius 2 is 1.29 bits per heavy atom. The molecule has 3 rings (SSSR count). The zero-order valence-electron chi connectivity index (χ0n) is 18.4. The van der Waals surface area contributed by atoms with Gasteiger partial charge in [-0.2, -0.15) is 0 Å². The van der Waals surface area contributed by atoms with Gasteiger partial charge in [-0.05, 0) is 34.2 Å². The van der Waals surface area contributed by atoms with Gasteiger partial charge < -0.3 is 10.6 Å². The van der Waals surface area contributed by atoms with E-state index in [2.05, 4.69) is 31.4 Å². The standard InChI is InChI=1S/C27H30N2O2/c1-27(2,3)23-16-14-22(15-17-23)26(31)28-19-18-24(30)29-25(20-10-6-4-7-11-20)21-12-8-5-9-13-21/h4-17,25H,18-19H2,1-3H3,(H,28,31)(H,29,30). The third-order valence-corrected chi connectivity index (χ3v) is 5.22. The highest BCUT2D eigenvalue weighted by atomic mass is 16.2. The molecule has 0 saturated heterocycles. The summed E-state index contributed by atoms with van der Waals surface area (Å²) in [7, 11) is 0. The summed E-state index contributed by atoms with van der Waals surface area (Å²) in [5.74, 6) is -0.281. The SMILES string of the molecule is CC(C)(C)c1ccc(C(=O)NCCC(=O)NC(c2ccccc2)c2ccccc2)cc1. The molecule has 2 N–H and O–H groups in total. The van der Waals surface area contributed by atoms with Gasteiger partial charge in [0.05, 0.1) is 6.04 Å². The van der Waals surface area contributed by atoms with Gasteiger partial charge in [-0.15, -0.1) is 0 Å². The Balaban J connectivity index is 1.56. The van der Waals surface area contributed by atoms with Gasteiger partial charge in [-0.1, -0.05) is 93.6 Å². The van der Waals surface area contributed by atoms with Crippen LogP contribution < -0.4 is 10.6 Å². The zero-order chi connectivity index (χ0) is 22.3. The first kappa shape index (κ1) is 22.3. The Bertz CT molecular complexity index is 951. The fourth-order valence-corrected chi connectivity index (χ4v) is 3.40. The Labute approximate surface area is 184 Å². The molecule has 31 heavy (non-hydrogen) atoms. The summed E-state index contributed by atoms with van der Waals surface area (Å²) < 4.78 is 0. The summed E-state index contributed by atoms with van der Waals surface area (Å²) in [6, 6.07) is 27.1. The van der Waals surface area contributed by atoms with E-state index in [4.69, 9.17) is 0 Å². The number of amides is 2. The predicted molar refractivity (Wildman–Crippen MR) is 125 cm³/mol. The van der Waals surface area contributed by atoms with Crippen molar-refractivity contribution in [3.8, 4) is 0 Å². The Morgan fingerprint density at radius 1 is 0.774 bits per heavy atom. The molecule has 0 saturated carbocycles. The second kappa shape index (κ2) is 10.1. The molecule has 4 heteroatoms. The minimum Gasteiger partial charge on any atom is -0.352 e. The Kier molecular flexibility index (Phi) is 7.24. The molecule has 0 aliphatic carbocycles. The summed E-state index contributed by atoms with van der Waals surface area (Å²) in [5.41, 5.74) is 3.85. The molecule has 0 atom stereocenters. The lowest BCUT2D eigenvalue weighted by Gasteiger charge is -2.20. The molecule has 0 fully saturated rings. The molecule has 0 aliphatic heterocycles. The Morgan fingerprint density at radius 3 is 1.77 bits per heavy atom. The number of benzene rings is 3. The first-order valence-electron chi connectivity index (χ1n) is 10.6. The van der Waals surface area contributed by atoms with Gasteiger partial charge in [0.1, 0.15) is 0 Å². The predicted octanol–water partition coefficient (Wildman–Crippen LogP) is 5.01. The van der Waals surface area contributed by atoms with E-state index in [0.717, 1.165) is 11.1 Å². The molecule has 3 aromatic rings. The van der Waals surface area contributed by atoms with Crippen LogP contribution in [0.2, 0.25) is 0 Å². The second-order valence-corrected chi connectivity index (χ2v) is 8.66. The number of nitrogens with one attached hydrogen (secondary N) is 2. The van der Waals surface area contributed by atoms with Crippen molar-refractivity contribution >= 4 is 11.8 Å². The van der Waals surface area contributed by atoms with Crippen LogP contribution >= 0.6 is 0 Å². The third kappa shape index (κ3) is 6.29. The third-order valence-electron chi connectivity index (χ3n) is 5.22. The van der Waals surface area contributed by atoms with Crippen molar-refractivity contribution < 1.29 is 9.59 Å². The van der Waals surface area contributed by atoms with Crippen molar-refractivity contribution in [1.29, 1.82) is 0 Å². The summed E-state index contributed by atoms with van der Waals surface area (Å²) in [6.45, 7) is 6.69. The maximum atomic E-state index is 12.6. The lowest BCUT2D eigenvalue weighted by Crippen LogP contribution is -2.33. The van der Waals surface area contributed by atoms with E-state index < -0.39 is 0 Å². The van der Waals surface area contributed by atoms with Gasteiger partial charge in [0, 0.05) is 18.5 Å². The molecule has 3 aromatic carbocycles. The summed E-state index contributed by atoms with van der Waals surface area (Å²) in [4.78, 5) is 25.0. The summed E-state index contributed by atoms with van der Waals surface area (Å²) in [5, 5.41) is 5.94. The largest absolute Gasteiger partial charge is 0.352 e. The van der Waals surface area contributed by atoms with Gasteiger partial charge >= 0.3 is 0 Å². The molecule has 0 heterocycles. The lowest BCUT2D eigenvalue weighted by atomic mass is 9.87. The fourth-order valence-electron chi connectivity index (χ4n) is 3.40. The summed E-state index contributed by atoms with van der Waals surface area (Å²) in [6.07, 6.45) is 0.210. The number of hydrogen-bond donors (Lipinski definition) is 2. The minimum atomic E-state index is -0.226. The molecule has 0 spiro atoms. The van der Waals surface area contributed by atoms with Crippen LogP contribution in [-0.2, 0) is 10.2 Å². The molecule has 2 amide bonds. The van der Waals surface area contributed by atoms with Crippen molar-refractivity contribution in [2.45, 2.75) is 38.6 Å². The van der Waals surface area contributed by atoms with Crippen molar-refractivity contribution in [2.75, 3.05) is 6.54 Å². The van der Waals surface area contributed by atoms with Crippen LogP contribution in [0.5, 0.6) is 0 Å². The van der Waals surface area contributed by atoms with Crippen molar-refractivity contribution in [2.24, 2.45) is 0 Å². The highest BCUT2D eigenvalue weighted by molar-refractivity contribution is 5.94. The van der Waals surface area contributed by atoms with E-state index in [1.807, 2.05) is 84.9 Å². The molecular weight excluding hydrogens is 384 g/mol. The highest BCUT2D eigenvalue weighted by Crippen LogP contribution is 2.23. The van der Waals surface area contributed by atoms with E-state index in [9.17, 15) is 9.59 Å². The zero-order valence-corrected chi connectivity index (χ0v) is 18.4. The average Bonchev–Trinajstić information content (AvgIpc) is 2.78. The molecule has 0 unspecified atom stereocenters. The molecule has 0 aromatic heterocycles. The van der Waals surface area contributed by atoms with Gasteiger partial charge in [-0.25, -0.2) is 0 Å². The molecule has 0 radical (unpaired) electrons. The van der Waals surface area contributed by atoms with Crippen LogP contribution in [0.15, 0.2) is 84.9 Å². The number of carbonyl (C=O) groups is 2. The minimum absolute atomic E-state index is 0.0428. The van der Waals surface area contributed by atoms with E-state index in [0.29, 0.717) is 5.56 Å². The van der Waals surface area contributed by atoms with Crippen molar-refractivity contribution in [3.05, 3.63) is 107 Å². The molecular formula is C27H30N2O2. The van der Waals surface area contributed by atoms with Gasteiger partial charge in [0.2, 0.25) is 5.91 Å². The second-order valence-electron chi connectivity index (χ2n) is 8.66. The fraction of sp³-hybridized carbons (Fsp3) is 0.259. The number of carbonyl (C=O) groups excluding carboxylic acids is 2. The van der Waals surface area contributed by atoms with E-state index in [1.165, 1.54) is 5.56 Å². The smallest absolute Gasteiger partial charge is 0.251 e. The van der Waals surface area contributed by atoms with Gasteiger partial charge in [0.15, 0.2) is 0 Å².